The summed E-state index contributed by atoms with van der Waals surface area (Å²) in [6, 6.07) is 5.03. The van der Waals surface area contributed by atoms with Crippen LogP contribution in [0.2, 0.25) is 0 Å². The van der Waals surface area contributed by atoms with E-state index < -0.39 is 11.9 Å². The quantitative estimate of drug-likeness (QED) is 0.267. The summed E-state index contributed by atoms with van der Waals surface area (Å²) < 4.78 is 24.7. The highest BCUT2D eigenvalue weighted by atomic mass is 16.6. The van der Waals surface area contributed by atoms with Gasteiger partial charge in [0.2, 0.25) is 11.8 Å². The molecule has 1 aromatic carbocycles. The molecule has 0 spiro atoms. The topological polar surface area (TPSA) is 136 Å². The molecule has 2 heterocycles. The van der Waals surface area contributed by atoms with Crippen molar-refractivity contribution >= 4 is 22.8 Å². The zero-order valence-electron chi connectivity index (χ0n) is 19.6. The van der Waals surface area contributed by atoms with Crippen LogP contribution in [0, 0.1) is 0 Å². The van der Waals surface area contributed by atoms with E-state index in [0.717, 1.165) is 11.1 Å². The lowest BCUT2D eigenvalue weighted by molar-refractivity contribution is -0.135. The van der Waals surface area contributed by atoms with E-state index in [1.54, 1.807) is 7.05 Å². The van der Waals surface area contributed by atoms with E-state index in [0.29, 0.717) is 77.8 Å². The molecule has 1 saturated heterocycles. The zero-order valence-corrected chi connectivity index (χ0v) is 19.6. The number of nitrogens with zero attached hydrogens (tertiary/aromatic N) is 2. The predicted octanol–water partition coefficient (Wildman–Crippen LogP) is -0.115. The number of rotatable bonds is 15. The number of benzene rings is 1. The number of piperidine rings is 1. The fourth-order valence-corrected chi connectivity index (χ4v) is 3.83. The number of carbonyl (C=O) groups excluding carboxylic acids is 2. The Morgan fingerprint density at radius 3 is 2.15 bits per heavy atom. The molecule has 11 heteroatoms. The molecule has 1 fully saturated rings. The average Bonchev–Trinajstić information content (AvgIpc) is 3.07. The molecule has 1 atom stereocenters. The van der Waals surface area contributed by atoms with Gasteiger partial charge in [-0.3, -0.25) is 24.0 Å². The highest BCUT2D eigenvalue weighted by Crippen LogP contribution is 2.23. The highest BCUT2D eigenvalue weighted by molar-refractivity contribution is 6.00. The van der Waals surface area contributed by atoms with Crippen molar-refractivity contribution in [2.24, 2.45) is 12.8 Å². The van der Waals surface area contributed by atoms with Crippen LogP contribution in [0.5, 0.6) is 0 Å². The smallest absolute Gasteiger partial charge is 0.329 e. The maximum absolute atomic E-state index is 12.8. The SMILES string of the molecule is Cn1c(=O)n(C2CCC(=O)NC2=O)c2ccc(CCOCCOCCOCCOCCN)cc21. The van der Waals surface area contributed by atoms with Crippen LogP contribution in [0.1, 0.15) is 24.4 Å². The monoisotopic (exact) mass is 478 g/mol. The first kappa shape index (κ1) is 26.0. The Kier molecular flexibility index (Phi) is 10.2. The number of carbonyl (C=O) groups is 2. The van der Waals surface area contributed by atoms with Gasteiger partial charge in [-0.1, -0.05) is 6.07 Å². The van der Waals surface area contributed by atoms with Gasteiger partial charge in [-0.05, 0) is 30.5 Å². The molecule has 1 aliphatic rings. The van der Waals surface area contributed by atoms with Crippen LogP contribution in [0.15, 0.2) is 23.0 Å². The van der Waals surface area contributed by atoms with Crippen LogP contribution in [-0.4, -0.2) is 80.3 Å². The molecule has 3 N–H and O–H groups in total. The standard InChI is InChI=1S/C23H34N4O7/c1-26-20-16-17(6-8-31-10-12-33-14-15-34-13-11-32-9-7-24)2-3-18(20)27(23(26)30)19-4-5-21(28)25-22(19)29/h2-3,16,19H,4-15,24H2,1H3,(H,25,28,29). The Balaban J connectivity index is 1.40. The molecule has 0 radical (unpaired) electrons. The van der Waals surface area contributed by atoms with Crippen molar-refractivity contribution in [3.8, 4) is 0 Å². The van der Waals surface area contributed by atoms with Crippen LogP contribution >= 0.6 is 0 Å². The maximum atomic E-state index is 12.8. The van der Waals surface area contributed by atoms with E-state index in [2.05, 4.69) is 5.32 Å². The number of nitrogens with one attached hydrogen (secondary N) is 1. The summed E-state index contributed by atoms with van der Waals surface area (Å²) in [5.74, 6) is -0.742. The van der Waals surface area contributed by atoms with Crippen molar-refractivity contribution < 1.29 is 28.5 Å². The summed E-state index contributed by atoms with van der Waals surface area (Å²) in [5.41, 5.74) is 7.49. The normalized spacial score (nSPS) is 16.4. The maximum Gasteiger partial charge on any atom is 0.329 e. The lowest BCUT2D eigenvalue weighted by atomic mass is 10.1. The van der Waals surface area contributed by atoms with Gasteiger partial charge < -0.3 is 24.7 Å². The number of amides is 2. The van der Waals surface area contributed by atoms with Gasteiger partial charge in [0.25, 0.3) is 0 Å². The Bertz CT molecular complexity index is 1020. The Labute approximate surface area is 198 Å². The van der Waals surface area contributed by atoms with Crippen LogP contribution < -0.4 is 16.7 Å². The minimum atomic E-state index is -0.682. The summed E-state index contributed by atoms with van der Waals surface area (Å²) in [5, 5.41) is 2.32. The van der Waals surface area contributed by atoms with E-state index in [-0.39, 0.29) is 18.0 Å². The molecule has 2 aromatic rings. The number of imidazole rings is 1. The number of imide groups is 1. The molecule has 11 nitrogen and oxygen atoms in total. The molecule has 3 rings (SSSR count). The van der Waals surface area contributed by atoms with Gasteiger partial charge in [0.05, 0.1) is 63.9 Å². The molecule has 1 aliphatic heterocycles. The van der Waals surface area contributed by atoms with Gasteiger partial charge in [-0.2, -0.15) is 0 Å². The molecule has 34 heavy (non-hydrogen) atoms. The third-order valence-electron chi connectivity index (χ3n) is 5.59. The number of hydrogen-bond acceptors (Lipinski definition) is 8. The number of nitrogens with two attached hydrogens (primary N) is 1. The van der Waals surface area contributed by atoms with Crippen LogP contribution in [0.3, 0.4) is 0 Å². The van der Waals surface area contributed by atoms with Crippen molar-refractivity contribution in [1.82, 2.24) is 14.5 Å². The second kappa shape index (κ2) is 13.4. The minimum absolute atomic E-state index is 0.218. The van der Waals surface area contributed by atoms with Crippen molar-refractivity contribution in [3.05, 3.63) is 34.2 Å². The number of ether oxygens (including phenoxy) is 4. The lowest BCUT2D eigenvalue weighted by Crippen LogP contribution is -2.44. The summed E-state index contributed by atoms with van der Waals surface area (Å²) in [6.07, 6.45) is 1.21. The van der Waals surface area contributed by atoms with Crippen LogP contribution in [-0.2, 0) is 42.0 Å². The molecule has 0 saturated carbocycles. The second-order valence-electron chi connectivity index (χ2n) is 7.99. The Morgan fingerprint density at radius 2 is 1.53 bits per heavy atom. The van der Waals surface area contributed by atoms with Crippen LogP contribution in [0.4, 0.5) is 0 Å². The molecule has 0 aliphatic carbocycles. The molecule has 1 aromatic heterocycles. The van der Waals surface area contributed by atoms with E-state index in [1.807, 2.05) is 18.2 Å². The molecule has 0 bridgehead atoms. The fraction of sp³-hybridized carbons (Fsp3) is 0.609. The van der Waals surface area contributed by atoms with Crippen molar-refractivity contribution in [2.75, 3.05) is 59.4 Å². The third-order valence-corrected chi connectivity index (χ3v) is 5.59. The van der Waals surface area contributed by atoms with Crippen molar-refractivity contribution in [2.45, 2.75) is 25.3 Å². The fourth-order valence-electron chi connectivity index (χ4n) is 3.83. The van der Waals surface area contributed by atoms with Gasteiger partial charge in [0, 0.05) is 20.0 Å². The minimum Gasteiger partial charge on any atom is -0.379 e. The first-order chi connectivity index (χ1) is 16.5. The first-order valence-corrected chi connectivity index (χ1v) is 11.6. The van der Waals surface area contributed by atoms with E-state index in [9.17, 15) is 14.4 Å². The van der Waals surface area contributed by atoms with E-state index in [1.165, 1.54) is 9.13 Å². The second-order valence-corrected chi connectivity index (χ2v) is 7.99. The summed E-state index contributed by atoms with van der Waals surface area (Å²) in [6.45, 7) is 4.58. The van der Waals surface area contributed by atoms with Gasteiger partial charge in [-0.15, -0.1) is 0 Å². The highest BCUT2D eigenvalue weighted by Gasteiger charge is 2.31. The van der Waals surface area contributed by atoms with Gasteiger partial charge in [0.15, 0.2) is 0 Å². The molecular formula is C23H34N4O7. The summed E-state index contributed by atoms with van der Waals surface area (Å²) in [7, 11) is 1.68. The largest absolute Gasteiger partial charge is 0.379 e. The van der Waals surface area contributed by atoms with E-state index in [4.69, 9.17) is 24.7 Å². The predicted molar refractivity (Wildman–Crippen MR) is 125 cm³/mol. The van der Waals surface area contributed by atoms with Crippen molar-refractivity contribution in [3.63, 3.8) is 0 Å². The molecule has 188 valence electrons. The average molecular weight is 479 g/mol. The number of aromatic nitrogens is 2. The van der Waals surface area contributed by atoms with Crippen LogP contribution in [0.25, 0.3) is 11.0 Å². The molecule has 2 amide bonds. The van der Waals surface area contributed by atoms with Gasteiger partial charge in [-0.25, -0.2) is 4.79 Å². The third kappa shape index (κ3) is 6.97. The van der Waals surface area contributed by atoms with E-state index >= 15 is 0 Å². The molecule has 1 unspecified atom stereocenters. The lowest BCUT2D eigenvalue weighted by Gasteiger charge is -2.21. The van der Waals surface area contributed by atoms with Crippen molar-refractivity contribution in [1.29, 1.82) is 0 Å². The number of hydrogen-bond donors (Lipinski definition) is 2. The first-order valence-electron chi connectivity index (χ1n) is 11.6. The van der Waals surface area contributed by atoms with Gasteiger partial charge in [0.1, 0.15) is 6.04 Å². The number of aryl methyl sites for hydroxylation is 1. The number of fused-ring (bicyclic) bond motifs is 1. The summed E-state index contributed by atoms with van der Waals surface area (Å²) in [4.78, 5) is 36.6. The zero-order chi connectivity index (χ0) is 24.3. The van der Waals surface area contributed by atoms with Gasteiger partial charge >= 0.3 is 5.69 Å². The summed E-state index contributed by atoms with van der Waals surface area (Å²) >= 11 is 0. The Morgan fingerprint density at radius 1 is 0.912 bits per heavy atom. The Hall–Kier alpha value is -2.57. The molecular weight excluding hydrogens is 444 g/mol.